The van der Waals surface area contributed by atoms with Gasteiger partial charge in [-0.1, -0.05) is 24.7 Å². The summed E-state index contributed by atoms with van der Waals surface area (Å²) in [5.41, 5.74) is 0.605. The molecular formula is C13H20N2O3S. The Morgan fingerprint density at radius 1 is 1.37 bits per heavy atom. The molecule has 1 aromatic heterocycles. The highest BCUT2D eigenvalue weighted by Crippen LogP contribution is 2.26. The zero-order valence-corrected chi connectivity index (χ0v) is 12.7. The Morgan fingerprint density at radius 3 is 2.63 bits per heavy atom. The molecule has 0 fully saturated rings. The van der Waals surface area contributed by atoms with Crippen molar-refractivity contribution < 1.29 is 14.3 Å². The Morgan fingerprint density at radius 2 is 2.05 bits per heavy atom. The van der Waals surface area contributed by atoms with Gasteiger partial charge in [-0.05, 0) is 20.3 Å². The van der Waals surface area contributed by atoms with Crippen LogP contribution in [0.2, 0.25) is 0 Å². The van der Waals surface area contributed by atoms with Gasteiger partial charge in [0, 0.05) is 13.5 Å². The van der Waals surface area contributed by atoms with Crippen molar-refractivity contribution in [3.63, 3.8) is 0 Å². The SMILES string of the molecule is CCCCC(=O)N(C)c1nc(C)c(C(=O)OCC)s1. The second kappa shape index (κ2) is 7.23. The molecule has 1 rings (SSSR count). The van der Waals surface area contributed by atoms with Crippen LogP contribution < -0.4 is 4.90 Å². The van der Waals surface area contributed by atoms with Crippen LogP contribution >= 0.6 is 11.3 Å². The molecule has 0 saturated heterocycles. The van der Waals surface area contributed by atoms with E-state index in [-0.39, 0.29) is 11.9 Å². The number of hydrogen-bond donors (Lipinski definition) is 0. The van der Waals surface area contributed by atoms with Crippen LogP contribution in [0.3, 0.4) is 0 Å². The number of rotatable bonds is 6. The number of nitrogens with zero attached hydrogens (tertiary/aromatic N) is 2. The molecule has 0 aromatic carbocycles. The van der Waals surface area contributed by atoms with Gasteiger partial charge in [0.25, 0.3) is 0 Å². The molecule has 5 nitrogen and oxygen atoms in total. The van der Waals surface area contributed by atoms with Crippen molar-refractivity contribution in [3.8, 4) is 0 Å². The number of aryl methyl sites for hydroxylation is 1. The van der Waals surface area contributed by atoms with Crippen molar-refractivity contribution in [3.05, 3.63) is 10.6 Å². The van der Waals surface area contributed by atoms with Crippen LogP contribution in [0.25, 0.3) is 0 Å². The van der Waals surface area contributed by atoms with E-state index < -0.39 is 0 Å². The predicted octanol–water partition coefficient (Wildman–Crippen LogP) is 2.78. The third-order valence-electron chi connectivity index (χ3n) is 2.65. The summed E-state index contributed by atoms with van der Waals surface area (Å²) in [5, 5.41) is 0.543. The molecule has 0 bridgehead atoms. The zero-order chi connectivity index (χ0) is 14.4. The number of carbonyl (C=O) groups excluding carboxylic acids is 2. The number of esters is 1. The fourth-order valence-electron chi connectivity index (χ4n) is 1.51. The van der Waals surface area contributed by atoms with E-state index in [0.717, 1.165) is 12.8 Å². The Bertz CT molecular complexity index is 457. The average molecular weight is 284 g/mol. The van der Waals surface area contributed by atoms with Gasteiger partial charge in [-0.25, -0.2) is 9.78 Å². The minimum absolute atomic E-state index is 0.0195. The summed E-state index contributed by atoms with van der Waals surface area (Å²) in [4.78, 5) is 29.8. The topological polar surface area (TPSA) is 59.5 Å². The lowest BCUT2D eigenvalue weighted by Crippen LogP contribution is -2.25. The van der Waals surface area contributed by atoms with Crippen LogP contribution in [0, 0.1) is 6.92 Å². The summed E-state index contributed by atoms with van der Waals surface area (Å²) in [6.07, 6.45) is 2.34. The van der Waals surface area contributed by atoms with Crippen LogP contribution in [0.15, 0.2) is 0 Å². The molecule has 106 valence electrons. The number of amides is 1. The molecule has 0 saturated carbocycles. The van der Waals surface area contributed by atoms with Crippen LogP contribution in [-0.2, 0) is 9.53 Å². The lowest BCUT2D eigenvalue weighted by atomic mass is 10.2. The highest BCUT2D eigenvalue weighted by Gasteiger charge is 2.20. The van der Waals surface area contributed by atoms with E-state index >= 15 is 0 Å². The first-order valence-corrected chi connectivity index (χ1v) is 7.24. The maximum Gasteiger partial charge on any atom is 0.350 e. The molecule has 6 heteroatoms. The third-order valence-corrected chi connectivity index (χ3v) is 3.87. The van der Waals surface area contributed by atoms with Crippen molar-refractivity contribution in [2.45, 2.75) is 40.0 Å². The van der Waals surface area contributed by atoms with Gasteiger partial charge in [0.2, 0.25) is 5.91 Å². The number of carbonyl (C=O) groups is 2. The van der Waals surface area contributed by atoms with Gasteiger partial charge in [0.15, 0.2) is 5.13 Å². The van der Waals surface area contributed by atoms with Crippen LogP contribution in [0.5, 0.6) is 0 Å². The molecule has 0 radical (unpaired) electrons. The van der Waals surface area contributed by atoms with E-state index in [1.165, 1.54) is 16.2 Å². The highest BCUT2D eigenvalue weighted by atomic mass is 32.1. The molecule has 0 aliphatic carbocycles. The molecule has 0 N–H and O–H groups in total. The summed E-state index contributed by atoms with van der Waals surface area (Å²) in [6, 6.07) is 0. The van der Waals surface area contributed by atoms with Gasteiger partial charge in [0.1, 0.15) is 4.88 Å². The molecule has 0 unspecified atom stereocenters. The smallest absolute Gasteiger partial charge is 0.350 e. The first-order chi connectivity index (χ1) is 9.01. The number of ether oxygens (including phenoxy) is 1. The average Bonchev–Trinajstić information content (AvgIpc) is 2.77. The maximum absolute atomic E-state index is 11.9. The van der Waals surface area contributed by atoms with Crippen molar-refractivity contribution in [1.29, 1.82) is 0 Å². The van der Waals surface area contributed by atoms with Crippen molar-refractivity contribution >= 4 is 28.3 Å². The number of aromatic nitrogens is 1. The quantitative estimate of drug-likeness (QED) is 0.754. The maximum atomic E-state index is 11.9. The first-order valence-electron chi connectivity index (χ1n) is 6.42. The summed E-state index contributed by atoms with van der Waals surface area (Å²) >= 11 is 1.20. The second-order valence-electron chi connectivity index (χ2n) is 4.19. The van der Waals surface area contributed by atoms with Gasteiger partial charge < -0.3 is 4.74 Å². The van der Waals surface area contributed by atoms with Crippen molar-refractivity contribution in [2.24, 2.45) is 0 Å². The van der Waals surface area contributed by atoms with E-state index in [0.29, 0.717) is 28.7 Å². The van der Waals surface area contributed by atoms with Gasteiger partial charge in [-0.3, -0.25) is 9.69 Å². The van der Waals surface area contributed by atoms with Gasteiger partial charge >= 0.3 is 5.97 Å². The molecule has 0 aliphatic rings. The van der Waals surface area contributed by atoms with E-state index in [1.54, 1.807) is 20.9 Å². The van der Waals surface area contributed by atoms with E-state index in [9.17, 15) is 9.59 Å². The summed E-state index contributed by atoms with van der Waals surface area (Å²) < 4.78 is 4.96. The van der Waals surface area contributed by atoms with Gasteiger partial charge in [-0.2, -0.15) is 0 Å². The minimum Gasteiger partial charge on any atom is -0.462 e. The largest absolute Gasteiger partial charge is 0.462 e. The third kappa shape index (κ3) is 4.02. The van der Waals surface area contributed by atoms with Crippen LogP contribution in [0.1, 0.15) is 48.5 Å². The molecule has 1 aromatic rings. The van der Waals surface area contributed by atoms with E-state index in [2.05, 4.69) is 4.98 Å². The monoisotopic (exact) mass is 284 g/mol. The minimum atomic E-state index is -0.377. The number of hydrogen-bond acceptors (Lipinski definition) is 5. The van der Waals surface area contributed by atoms with Gasteiger partial charge in [0.05, 0.1) is 12.3 Å². The van der Waals surface area contributed by atoms with Crippen LogP contribution in [0.4, 0.5) is 5.13 Å². The lowest BCUT2D eigenvalue weighted by Gasteiger charge is -2.12. The summed E-state index contributed by atoms with van der Waals surface area (Å²) in [5.74, 6) is -0.357. The Labute approximate surface area is 117 Å². The predicted molar refractivity (Wildman–Crippen MR) is 75.7 cm³/mol. The van der Waals surface area contributed by atoms with Gasteiger partial charge in [-0.15, -0.1) is 0 Å². The fraction of sp³-hybridized carbons (Fsp3) is 0.615. The Hall–Kier alpha value is -1.43. The van der Waals surface area contributed by atoms with Crippen molar-refractivity contribution in [1.82, 2.24) is 4.98 Å². The molecular weight excluding hydrogens is 264 g/mol. The lowest BCUT2D eigenvalue weighted by molar-refractivity contribution is -0.118. The number of unbranched alkanes of at least 4 members (excludes halogenated alkanes) is 1. The van der Waals surface area contributed by atoms with E-state index in [1.807, 2.05) is 6.92 Å². The van der Waals surface area contributed by atoms with E-state index in [4.69, 9.17) is 4.74 Å². The standard InChI is InChI=1S/C13H20N2O3S/c1-5-7-8-10(16)15(4)13-14-9(3)11(19-13)12(17)18-6-2/h5-8H2,1-4H3. The highest BCUT2D eigenvalue weighted by molar-refractivity contribution is 7.17. The van der Waals surface area contributed by atoms with Crippen molar-refractivity contribution in [2.75, 3.05) is 18.6 Å². The fourth-order valence-corrected chi connectivity index (χ4v) is 2.45. The second-order valence-corrected chi connectivity index (χ2v) is 5.17. The normalized spacial score (nSPS) is 10.3. The molecule has 0 aliphatic heterocycles. The molecule has 0 atom stereocenters. The van der Waals surface area contributed by atoms with Crippen LogP contribution in [-0.4, -0.2) is 30.5 Å². The molecule has 19 heavy (non-hydrogen) atoms. The number of anilines is 1. The Balaban J connectivity index is 2.82. The Kier molecular flexibility index (Phi) is 5.95. The molecule has 1 heterocycles. The molecule has 1 amide bonds. The summed E-state index contributed by atoms with van der Waals surface area (Å²) in [7, 11) is 1.69. The first kappa shape index (κ1) is 15.6. The molecule has 0 spiro atoms. The zero-order valence-electron chi connectivity index (χ0n) is 11.9. The summed E-state index contributed by atoms with van der Waals surface area (Å²) in [6.45, 7) is 5.88. The number of thiazole rings is 1.